The van der Waals surface area contributed by atoms with E-state index in [0.717, 1.165) is 5.56 Å². The van der Waals surface area contributed by atoms with Gasteiger partial charge in [0, 0.05) is 13.2 Å². The van der Waals surface area contributed by atoms with E-state index in [0.29, 0.717) is 12.8 Å². The Morgan fingerprint density at radius 3 is 3.00 bits per heavy atom. The summed E-state index contributed by atoms with van der Waals surface area (Å²) in [5, 5.41) is 12.5. The number of nitrogens with zero attached hydrogens (tertiary/aromatic N) is 2. The van der Waals surface area contributed by atoms with Gasteiger partial charge in [-0.25, -0.2) is 0 Å². The molecule has 0 aliphatic heterocycles. The van der Waals surface area contributed by atoms with Gasteiger partial charge < -0.3 is 10.8 Å². The number of aryl methyl sites for hydroxylation is 2. The van der Waals surface area contributed by atoms with Gasteiger partial charge in [0.05, 0.1) is 6.20 Å². The van der Waals surface area contributed by atoms with E-state index in [2.05, 4.69) is 5.10 Å². The monoisotopic (exact) mass is 183 g/mol. The van der Waals surface area contributed by atoms with Crippen molar-refractivity contribution in [3.05, 3.63) is 18.0 Å². The molecule has 5 heteroatoms. The van der Waals surface area contributed by atoms with Crippen molar-refractivity contribution in [1.82, 2.24) is 9.78 Å². The summed E-state index contributed by atoms with van der Waals surface area (Å²) in [7, 11) is 1.82. The molecule has 3 N–H and O–H groups in total. The van der Waals surface area contributed by atoms with Gasteiger partial charge in [0.1, 0.15) is 6.04 Å². The molecule has 0 amide bonds. The molecule has 1 aromatic heterocycles. The van der Waals surface area contributed by atoms with Crippen molar-refractivity contribution in [3.63, 3.8) is 0 Å². The molecule has 5 nitrogen and oxygen atoms in total. The summed E-state index contributed by atoms with van der Waals surface area (Å²) in [6.07, 6.45) is 4.67. The Hall–Kier alpha value is -1.36. The van der Waals surface area contributed by atoms with Crippen LogP contribution >= 0.6 is 0 Å². The molecule has 0 saturated carbocycles. The molecule has 0 bridgehead atoms. The standard InChI is InChI=1S/C8H13N3O2/c1-11-5-6(4-10-11)2-3-7(9)8(12)13/h4-5,7H,2-3,9H2,1H3,(H,12,13)/t7-/m0/s1. The summed E-state index contributed by atoms with van der Waals surface area (Å²) >= 11 is 0. The summed E-state index contributed by atoms with van der Waals surface area (Å²) in [6, 6.07) is -0.778. The van der Waals surface area contributed by atoms with Gasteiger partial charge in [0.15, 0.2) is 0 Å². The smallest absolute Gasteiger partial charge is 0.320 e. The van der Waals surface area contributed by atoms with Crippen LogP contribution in [0.1, 0.15) is 12.0 Å². The normalized spacial score (nSPS) is 12.8. The van der Waals surface area contributed by atoms with Crippen LogP contribution in [0.15, 0.2) is 12.4 Å². The lowest BCUT2D eigenvalue weighted by atomic mass is 10.1. The van der Waals surface area contributed by atoms with Gasteiger partial charge in [-0.15, -0.1) is 0 Å². The fraction of sp³-hybridized carbons (Fsp3) is 0.500. The Morgan fingerprint density at radius 1 is 1.85 bits per heavy atom. The molecule has 1 aromatic rings. The van der Waals surface area contributed by atoms with Crippen LogP contribution in [0.2, 0.25) is 0 Å². The maximum Gasteiger partial charge on any atom is 0.320 e. The first-order chi connectivity index (χ1) is 6.09. The molecule has 13 heavy (non-hydrogen) atoms. The number of aliphatic carboxylic acids is 1. The summed E-state index contributed by atoms with van der Waals surface area (Å²) in [5.41, 5.74) is 6.36. The zero-order valence-corrected chi connectivity index (χ0v) is 7.47. The van der Waals surface area contributed by atoms with Crippen LogP contribution in [0, 0.1) is 0 Å². The molecular formula is C8H13N3O2. The van der Waals surface area contributed by atoms with E-state index in [4.69, 9.17) is 10.8 Å². The lowest BCUT2D eigenvalue weighted by Gasteiger charge is -2.03. The molecular weight excluding hydrogens is 170 g/mol. The van der Waals surface area contributed by atoms with Crippen molar-refractivity contribution in [2.24, 2.45) is 12.8 Å². The van der Waals surface area contributed by atoms with Crippen LogP contribution in [0.3, 0.4) is 0 Å². The van der Waals surface area contributed by atoms with Crippen LogP contribution in [-0.4, -0.2) is 26.9 Å². The van der Waals surface area contributed by atoms with Crippen LogP contribution in [0.25, 0.3) is 0 Å². The van der Waals surface area contributed by atoms with Gasteiger partial charge in [0.25, 0.3) is 0 Å². The van der Waals surface area contributed by atoms with Crippen molar-refractivity contribution in [3.8, 4) is 0 Å². The number of nitrogens with two attached hydrogens (primary N) is 1. The van der Waals surface area contributed by atoms with Gasteiger partial charge >= 0.3 is 5.97 Å². The highest BCUT2D eigenvalue weighted by Crippen LogP contribution is 2.02. The highest BCUT2D eigenvalue weighted by molar-refractivity contribution is 5.73. The summed E-state index contributed by atoms with van der Waals surface area (Å²) in [6.45, 7) is 0. The van der Waals surface area contributed by atoms with E-state index >= 15 is 0 Å². The number of carboxylic acids is 1. The number of aromatic nitrogens is 2. The second-order valence-electron chi connectivity index (χ2n) is 3.01. The first-order valence-electron chi connectivity index (χ1n) is 4.05. The highest BCUT2D eigenvalue weighted by atomic mass is 16.4. The maximum absolute atomic E-state index is 10.4. The van der Waals surface area contributed by atoms with Gasteiger partial charge in [-0.1, -0.05) is 0 Å². The molecule has 0 unspecified atom stereocenters. The molecule has 1 heterocycles. The van der Waals surface area contributed by atoms with Crippen LogP contribution < -0.4 is 5.73 Å². The fourth-order valence-electron chi connectivity index (χ4n) is 1.05. The molecule has 0 radical (unpaired) electrons. The minimum Gasteiger partial charge on any atom is -0.480 e. The molecule has 1 rings (SSSR count). The lowest BCUT2D eigenvalue weighted by Crippen LogP contribution is -2.30. The van der Waals surface area contributed by atoms with Crippen molar-refractivity contribution in [2.45, 2.75) is 18.9 Å². The predicted molar refractivity (Wildman–Crippen MR) is 47.1 cm³/mol. The molecule has 0 fully saturated rings. The Morgan fingerprint density at radius 2 is 2.54 bits per heavy atom. The topological polar surface area (TPSA) is 81.1 Å². The molecule has 1 atom stereocenters. The third kappa shape index (κ3) is 2.87. The number of hydrogen-bond donors (Lipinski definition) is 2. The minimum absolute atomic E-state index is 0.445. The Bertz CT molecular complexity index is 295. The van der Waals surface area contributed by atoms with E-state index in [1.807, 2.05) is 13.2 Å². The molecule has 0 aliphatic carbocycles. The summed E-state index contributed by atoms with van der Waals surface area (Å²) < 4.78 is 1.68. The average molecular weight is 183 g/mol. The number of carboxylic acid groups (broad SMARTS) is 1. The second-order valence-corrected chi connectivity index (χ2v) is 3.01. The zero-order valence-electron chi connectivity index (χ0n) is 7.47. The maximum atomic E-state index is 10.4. The van der Waals surface area contributed by atoms with E-state index in [1.54, 1.807) is 10.9 Å². The van der Waals surface area contributed by atoms with Crippen molar-refractivity contribution in [1.29, 1.82) is 0 Å². The summed E-state index contributed by atoms with van der Waals surface area (Å²) in [4.78, 5) is 10.4. The first kappa shape index (κ1) is 9.73. The van der Waals surface area contributed by atoms with E-state index in [1.165, 1.54) is 0 Å². The third-order valence-corrected chi connectivity index (χ3v) is 1.82. The van der Waals surface area contributed by atoms with Gasteiger partial charge in [0.2, 0.25) is 0 Å². The SMILES string of the molecule is Cn1cc(CC[C@H](N)C(=O)O)cn1. The Kier molecular flexibility index (Phi) is 3.02. The van der Waals surface area contributed by atoms with E-state index in [9.17, 15) is 4.79 Å². The number of rotatable bonds is 4. The molecule has 0 spiro atoms. The van der Waals surface area contributed by atoms with Gasteiger partial charge in [-0.05, 0) is 18.4 Å². The lowest BCUT2D eigenvalue weighted by molar-refractivity contribution is -0.138. The first-order valence-corrected chi connectivity index (χ1v) is 4.05. The van der Waals surface area contributed by atoms with Crippen molar-refractivity contribution in [2.75, 3.05) is 0 Å². The third-order valence-electron chi connectivity index (χ3n) is 1.82. The van der Waals surface area contributed by atoms with Crippen LogP contribution in [-0.2, 0) is 18.3 Å². The van der Waals surface area contributed by atoms with E-state index in [-0.39, 0.29) is 0 Å². The number of carbonyl (C=O) groups is 1. The Balaban J connectivity index is 2.39. The number of hydrogen-bond acceptors (Lipinski definition) is 3. The largest absolute Gasteiger partial charge is 0.480 e. The van der Waals surface area contributed by atoms with Gasteiger partial charge in [-0.3, -0.25) is 9.48 Å². The van der Waals surface area contributed by atoms with Crippen LogP contribution in [0.4, 0.5) is 0 Å². The Labute approximate surface area is 76.2 Å². The highest BCUT2D eigenvalue weighted by Gasteiger charge is 2.11. The van der Waals surface area contributed by atoms with Crippen LogP contribution in [0.5, 0.6) is 0 Å². The summed E-state index contributed by atoms with van der Waals surface area (Å²) in [5.74, 6) is -0.955. The molecule has 0 aromatic carbocycles. The fourth-order valence-corrected chi connectivity index (χ4v) is 1.05. The predicted octanol–water partition coefficient (Wildman–Crippen LogP) is -0.235. The quantitative estimate of drug-likeness (QED) is 0.675. The molecule has 0 aliphatic rings. The van der Waals surface area contributed by atoms with Gasteiger partial charge in [-0.2, -0.15) is 5.10 Å². The minimum atomic E-state index is -0.955. The van der Waals surface area contributed by atoms with Crippen molar-refractivity contribution >= 4 is 5.97 Å². The zero-order chi connectivity index (χ0) is 9.84. The van der Waals surface area contributed by atoms with Crippen molar-refractivity contribution < 1.29 is 9.90 Å². The molecule has 72 valence electrons. The van der Waals surface area contributed by atoms with E-state index < -0.39 is 12.0 Å². The molecule has 0 saturated heterocycles. The average Bonchev–Trinajstić information content (AvgIpc) is 2.47. The second kappa shape index (κ2) is 4.04.